The maximum atomic E-state index is 11.0. The van der Waals surface area contributed by atoms with Crippen molar-refractivity contribution in [2.75, 3.05) is 6.61 Å². The van der Waals surface area contributed by atoms with E-state index in [-0.39, 0.29) is 18.2 Å². The van der Waals surface area contributed by atoms with E-state index in [1.54, 1.807) is 6.08 Å². The minimum atomic E-state index is -0.339. The molecule has 0 bridgehead atoms. The number of aliphatic hydroxyl groups excluding tert-OH is 1. The van der Waals surface area contributed by atoms with Crippen LogP contribution in [0.2, 0.25) is 0 Å². The molecular weight excluding hydrogens is 182 g/mol. The molecule has 0 radical (unpaired) electrons. The minimum absolute atomic E-state index is 0.181. The molecule has 1 aliphatic heterocycles. The number of rotatable bonds is 0. The number of ether oxygens (including phenoxy) is 1. The van der Waals surface area contributed by atoms with Gasteiger partial charge in [-0.1, -0.05) is 12.2 Å². The van der Waals surface area contributed by atoms with Gasteiger partial charge in [-0.3, -0.25) is 0 Å². The van der Waals surface area contributed by atoms with Crippen LogP contribution in [0.4, 0.5) is 4.79 Å². The van der Waals surface area contributed by atoms with Crippen LogP contribution >= 0.6 is 0 Å². The lowest BCUT2D eigenvalue weighted by Crippen LogP contribution is -2.48. The van der Waals surface area contributed by atoms with Gasteiger partial charge in [-0.25, -0.2) is 4.79 Å². The van der Waals surface area contributed by atoms with Crippen LogP contribution in [0.3, 0.4) is 0 Å². The quantitative estimate of drug-likeness (QED) is 0.565. The zero-order valence-corrected chi connectivity index (χ0v) is 7.98. The van der Waals surface area contributed by atoms with Crippen LogP contribution in [0.25, 0.3) is 0 Å². The molecular formula is C10H15NO3. The molecule has 2 aliphatic rings. The molecule has 78 valence electrons. The molecule has 1 aliphatic carbocycles. The van der Waals surface area contributed by atoms with Crippen LogP contribution in [0, 0.1) is 5.92 Å². The summed E-state index contributed by atoms with van der Waals surface area (Å²) in [5.41, 5.74) is 0. The lowest BCUT2D eigenvalue weighted by atomic mass is 9.88. The Morgan fingerprint density at radius 1 is 1.50 bits per heavy atom. The lowest BCUT2D eigenvalue weighted by Gasteiger charge is -2.32. The first-order chi connectivity index (χ1) is 6.75. The monoisotopic (exact) mass is 197 g/mol. The van der Waals surface area contributed by atoms with Gasteiger partial charge in [0.15, 0.2) is 0 Å². The van der Waals surface area contributed by atoms with Gasteiger partial charge in [-0.2, -0.15) is 0 Å². The van der Waals surface area contributed by atoms with Crippen LogP contribution in [0.5, 0.6) is 0 Å². The van der Waals surface area contributed by atoms with Crippen LogP contribution in [0.1, 0.15) is 19.3 Å². The molecule has 1 amide bonds. The largest absolute Gasteiger partial charge is 0.449 e. The van der Waals surface area contributed by atoms with Gasteiger partial charge < -0.3 is 15.2 Å². The molecule has 4 nitrogen and oxygen atoms in total. The number of aliphatic hydroxyl groups is 1. The summed E-state index contributed by atoms with van der Waals surface area (Å²) in [5, 5.41) is 12.2. The van der Waals surface area contributed by atoms with Crippen molar-refractivity contribution in [2.24, 2.45) is 5.92 Å². The Hall–Kier alpha value is -1.03. The maximum absolute atomic E-state index is 11.0. The molecule has 14 heavy (non-hydrogen) atoms. The number of fused-ring (bicyclic) bond motifs is 1. The van der Waals surface area contributed by atoms with Crippen LogP contribution < -0.4 is 5.32 Å². The molecule has 0 aromatic heterocycles. The fourth-order valence-corrected chi connectivity index (χ4v) is 2.01. The summed E-state index contributed by atoms with van der Waals surface area (Å²) in [4.78, 5) is 11.0. The highest BCUT2D eigenvalue weighted by Gasteiger charge is 2.29. The third kappa shape index (κ3) is 2.07. The topological polar surface area (TPSA) is 58.6 Å². The van der Waals surface area contributed by atoms with Gasteiger partial charge in [0, 0.05) is 12.0 Å². The molecule has 0 saturated carbocycles. The van der Waals surface area contributed by atoms with E-state index in [0.29, 0.717) is 12.5 Å². The van der Waals surface area contributed by atoms with Crippen molar-refractivity contribution in [1.82, 2.24) is 5.32 Å². The summed E-state index contributed by atoms with van der Waals surface area (Å²) >= 11 is 0. The van der Waals surface area contributed by atoms with Crippen LogP contribution in [-0.4, -0.2) is 30.0 Å². The SMILES string of the molecule is O=C1N[C@H]2C/C=C\[C@H](O)CC[C@H]2CO1. The first-order valence-corrected chi connectivity index (χ1v) is 5.04. The van der Waals surface area contributed by atoms with Crippen molar-refractivity contribution in [1.29, 1.82) is 0 Å². The molecule has 0 spiro atoms. The number of amides is 1. The second-order valence-electron chi connectivity index (χ2n) is 3.92. The van der Waals surface area contributed by atoms with E-state index in [0.717, 1.165) is 19.3 Å². The fraction of sp³-hybridized carbons (Fsp3) is 0.700. The normalized spacial score (nSPS) is 39.8. The van der Waals surface area contributed by atoms with Gasteiger partial charge in [0.25, 0.3) is 0 Å². The highest BCUT2D eigenvalue weighted by molar-refractivity contribution is 5.68. The average Bonchev–Trinajstić information content (AvgIpc) is 2.13. The first kappa shape index (κ1) is 9.52. The second kappa shape index (κ2) is 4.00. The zero-order valence-electron chi connectivity index (χ0n) is 7.98. The highest BCUT2D eigenvalue weighted by Crippen LogP contribution is 2.22. The van der Waals surface area contributed by atoms with Crippen molar-refractivity contribution >= 4 is 6.09 Å². The minimum Gasteiger partial charge on any atom is -0.449 e. The predicted octanol–water partition coefficient (Wildman–Crippen LogP) is 0.812. The van der Waals surface area contributed by atoms with E-state index in [2.05, 4.69) is 5.32 Å². The van der Waals surface area contributed by atoms with Gasteiger partial charge in [0.2, 0.25) is 0 Å². The van der Waals surface area contributed by atoms with Crippen LogP contribution in [0.15, 0.2) is 12.2 Å². The molecule has 3 atom stereocenters. The standard InChI is InChI=1S/C10H15NO3/c12-8-2-1-3-9-7(4-5-8)6-14-10(13)11-9/h1-2,7-9,12H,3-6H2,(H,11,13)/b2-1-/t7-,8-,9-/m0/s1. The van der Waals surface area contributed by atoms with E-state index >= 15 is 0 Å². The molecule has 0 aromatic carbocycles. The molecule has 2 N–H and O–H groups in total. The van der Waals surface area contributed by atoms with Crippen molar-refractivity contribution < 1.29 is 14.6 Å². The molecule has 4 heteroatoms. The lowest BCUT2D eigenvalue weighted by molar-refractivity contribution is 0.0706. The fourth-order valence-electron chi connectivity index (χ4n) is 2.01. The summed E-state index contributed by atoms with van der Waals surface area (Å²) in [6.07, 6.45) is 5.52. The number of hydrogen-bond donors (Lipinski definition) is 2. The number of cyclic esters (lactones) is 1. The Morgan fingerprint density at radius 2 is 2.36 bits per heavy atom. The molecule has 2 rings (SSSR count). The average molecular weight is 197 g/mol. The van der Waals surface area contributed by atoms with Crippen molar-refractivity contribution in [3.8, 4) is 0 Å². The first-order valence-electron chi connectivity index (χ1n) is 5.04. The van der Waals surface area contributed by atoms with Crippen molar-refractivity contribution in [3.05, 3.63) is 12.2 Å². The Bertz CT molecular complexity index is 252. The summed E-state index contributed by atoms with van der Waals surface area (Å²) in [6.45, 7) is 0.483. The Balaban J connectivity index is 2.03. The summed E-state index contributed by atoms with van der Waals surface area (Å²) in [6, 6.07) is 0.181. The predicted molar refractivity (Wildman–Crippen MR) is 50.8 cm³/mol. The number of hydrogen-bond acceptors (Lipinski definition) is 3. The van der Waals surface area contributed by atoms with Gasteiger partial charge in [-0.15, -0.1) is 0 Å². The summed E-state index contributed by atoms with van der Waals surface area (Å²) < 4.78 is 4.92. The number of carbonyl (C=O) groups excluding carboxylic acids is 1. The summed E-state index contributed by atoms with van der Waals surface area (Å²) in [7, 11) is 0. The van der Waals surface area contributed by atoms with Crippen molar-refractivity contribution in [3.63, 3.8) is 0 Å². The number of nitrogens with one attached hydrogen (secondary N) is 1. The van der Waals surface area contributed by atoms with Gasteiger partial charge in [0.1, 0.15) is 0 Å². The van der Waals surface area contributed by atoms with E-state index in [9.17, 15) is 9.90 Å². The molecule has 1 fully saturated rings. The third-order valence-corrected chi connectivity index (χ3v) is 2.88. The number of alkyl carbamates (subject to hydrolysis) is 1. The summed E-state index contributed by atoms with van der Waals surface area (Å²) in [5.74, 6) is 0.340. The van der Waals surface area contributed by atoms with Crippen molar-refractivity contribution in [2.45, 2.75) is 31.4 Å². The Kier molecular flexibility index (Phi) is 2.72. The smallest absolute Gasteiger partial charge is 0.407 e. The van der Waals surface area contributed by atoms with E-state index < -0.39 is 0 Å². The van der Waals surface area contributed by atoms with E-state index in [4.69, 9.17) is 4.74 Å². The van der Waals surface area contributed by atoms with Crippen LogP contribution in [-0.2, 0) is 4.74 Å². The molecule has 1 heterocycles. The van der Waals surface area contributed by atoms with Gasteiger partial charge >= 0.3 is 6.09 Å². The molecule has 1 saturated heterocycles. The molecule has 0 aromatic rings. The van der Waals surface area contributed by atoms with Gasteiger partial charge in [0.05, 0.1) is 12.7 Å². The van der Waals surface area contributed by atoms with Gasteiger partial charge in [-0.05, 0) is 19.3 Å². The zero-order chi connectivity index (χ0) is 9.97. The highest BCUT2D eigenvalue weighted by atomic mass is 16.6. The second-order valence-corrected chi connectivity index (χ2v) is 3.92. The maximum Gasteiger partial charge on any atom is 0.407 e. The third-order valence-electron chi connectivity index (χ3n) is 2.88. The Morgan fingerprint density at radius 3 is 3.21 bits per heavy atom. The van der Waals surface area contributed by atoms with E-state index in [1.165, 1.54) is 0 Å². The van der Waals surface area contributed by atoms with E-state index in [1.807, 2.05) is 6.08 Å². The Labute approximate surface area is 82.9 Å². The molecule has 0 unspecified atom stereocenters. The number of carbonyl (C=O) groups is 1.